The van der Waals surface area contributed by atoms with Gasteiger partial charge in [-0.15, -0.1) is 0 Å². The van der Waals surface area contributed by atoms with E-state index in [0.717, 1.165) is 39.3 Å². The SMILES string of the molecule is CCOc1ccc(C(=O)CCN2CCN(CC)CC2)cc1N. The minimum atomic E-state index is 0.146. The van der Waals surface area contributed by atoms with Gasteiger partial charge in [0.05, 0.1) is 12.3 Å². The van der Waals surface area contributed by atoms with Crippen molar-refractivity contribution in [1.29, 1.82) is 0 Å². The van der Waals surface area contributed by atoms with Crippen molar-refractivity contribution in [3.8, 4) is 5.75 Å². The van der Waals surface area contributed by atoms with E-state index >= 15 is 0 Å². The molecule has 0 aromatic heterocycles. The molecule has 0 unspecified atom stereocenters. The molecule has 1 aromatic rings. The monoisotopic (exact) mass is 305 g/mol. The molecule has 22 heavy (non-hydrogen) atoms. The number of Topliss-reactive ketones (excluding diaryl/α,β-unsaturated/α-hetero) is 1. The van der Waals surface area contributed by atoms with Crippen LogP contribution in [0.5, 0.6) is 5.75 Å². The van der Waals surface area contributed by atoms with Gasteiger partial charge >= 0.3 is 0 Å². The molecule has 1 aliphatic heterocycles. The van der Waals surface area contributed by atoms with Crippen molar-refractivity contribution in [2.45, 2.75) is 20.3 Å². The quantitative estimate of drug-likeness (QED) is 0.616. The van der Waals surface area contributed by atoms with E-state index in [4.69, 9.17) is 10.5 Å². The van der Waals surface area contributed by atoms with Gasteiger partial charge in [0.25, 0.3) is 0 Å². The summed E-state index contributed by atoms with van der Waals surface area (Å²) >= 11 is 0. The summed E-state index contributed by atoms with van der Waals surface area (Å²) in [6.07, 6.45) is 0.541. The molecule has 0 saturated carbocycles. The average molecular weight is 305 g/mol. The summed E-state index contributed by atoms with van der Waals surface area (Å²) in [7, 11) is 0. The van der Waals surface area contributed by atoms with Crippen LogP contribution in [-0.4, -0.2) is 61.5 Å². The molecule has 5 nitrogen and oxygen atoms in total. The number of ether oxygens (including phenoxy) is 1. The van der Waals surface area contributed by atoms with Crippen LogP contribution in [0, 0.1) is 0 Å². The number of carbonyl (C=O) groups is 1. The van der Waals surface area contributed by atoms with Crippen molar-refractivity contribution in [3.05, 3.63) is 23.8 Å². The lowest BCUT2D eigenvalue weighted by atomic mass is 10.1. The Labute approximate surface area is 133 Å². The van der Waals surface area contributed by atoms with Crippen LogP contribution in [0.25, 0.3) is 0 Å². The highest BCUT2D eigenvalue weighted by Gasteiger charge is 2.17. The third-order valence-corrected chi connectivity index (χ3v) is 4.20. The predicted molar refractivity (Wildman–Crippen MR) is 89.5 cm³/mol. The number of ketones is 1. The molecular weight excluding hydrogens is 278 g/mol. The normalized spacial score (nSPS) is 16.6. The maximum atomic E-state index is 12.3. The van der Waals surface area contributed by atoms with Crippen molar-refractivity contribution in [1.82, 2.24) is 9.80 Å². The van der Waals surface area contributed by atoms with Crippen LogP contribution < -0.4 is 10.5 Å². The molecule has 122 valence electrons. The molecule has 1 heterocycles. The van der Waals surface area contributed by atoms with E-state index in [1.54, 1.807) is 18.2 Å². The zero-order valence-corrected chi connectivity index (χ0v) is 13.7. The molecule has 2 N–H and O–H groups in total. The third kappa shape index (κ3) is 4.45. The lowest BCUT2D eigenvalue weighted by molar-refractivity contribution is 0.0932. The second kappa shape index (κ2) is 8.15. The summed E-state index contributed by atoms with van der Waals surface area (Å²) in [5.74, 6) is 0.794. The maximum absolute atomic E-state index is 12.3. The zero-order valence-electron chi connectivity index (χ0n) is 13.7. The van der Waals surface area contributed by atoms with Gasteiger partial charge in [0.2, 0.25) is 0 Å². The first-order valence-corrected chi connectivity index (χ1v) is 8.14. The average Bonchev–Trinajstić information content (AvgIpc) is 2.55. The Balaban J connectivity index is 1.83. The first kappa shape index (κ1) is 16.8. The van der Waals surface area contributed by atoms with E-state index in [9.17, 15) is 4.79 Å². The van der Waals surface area contributed by atoms with E-state index in [2.05, 4.69) is 16.7 Å². The number of anilines is 1. The summed E-state index contributed by atoms with van der Waals surface area (Å²) in [4.78, 5) is 17.1. The van der Waals surface area contributed by atoms with Gasteiger partial charge in [0.15, 0.2) is 5.78 Å². The van der Waals surface area contributed by atoms with E-state index < -0.39 is 0 Å². The van der Waals surface area contributed by atoms with Crippen LogP contribution in [-0.2, 0) is 0 Å². The van der Waals surface area contributed by atoms with Gasteiger partial charge in [0.1, 0.15) is 5.75 Å². The number of nitrogens with two attached hydrogens (primary N) is 1. The van der Waals surface area contributed by atoms with Crippen LogP contribution in [0.15, 0.2) is 18.2 Å². The van der Waals surface area contributed by atoms with Crippen LogP contribution in [0.2, 0.25) is 0 Å². The van der Waals surface area contributed by atoms with Gasteiger partial charge < -0.3 is 20.3 Å². The minimum absolute atomic E-state index is 0.146. The molecule has 0 atom stereocenters. The number of hydrogen-bond donors (Lipinski definition) is 1. The predicted octanol–water partition coefficient (Wildman–Crippen LogP) is 1.88. The van der Waals surface area contributed by atoms with E-state index in [-0.39, 0.29) is 5.78 Å². The Morgan fingerprint density at radius 1 is 1.18 bits per heavy atom. The number of piperazine rings is 1. The van der Waals surface area contributed by atoms with E-state index in [1.165, 1.54) is 0 Å². The van der Waals surface area contributed by atoms with Crippen molar-refractivity contribution in [3.63, 3.8) is 0 Å². The topological polar surface area (TPSA) is 58.8 Å². The Morgan fingerprint density at radius 2 is 1.86 bits per heavy atom. The number of rotatable bonds is 7. The Kier molecular flexibility index (Phi) is 6.21. The fraction of sp³-hybridized carbons (Fsp3) is 0.588. The van der Waals surface area contributed by atoms with Gasteiger partial charge in [-0.05, 0) is 31.7 Å². The largest absolute Gasteiger partial charge is 0.492 e. The minimum Gasteiger partial charge on any atom is -0.492 e. The number of nitrogens with zero attached hydrogens (tertiary/aromatic N) is 2. The molecule has 2 rings (SSSR count). The summed E-state index contributed by atoms with van der Waals surface area (Å²) in [5, 5.41) is 0. The maximum Gasteiger partial charge on any atom is 0.164 e. The van der Waals surface area contributed by atoms with Gasteiger partial charge in [-0.2, -0.15) is 0 Å². The highest BCUT2D eigenvalue weighted by Crippen LogP contribution is 2.23. The van der Waals surface area contributed by atoms with Crippen LogP contribution in [0.1, 0.15) is 30.6 Å². The first-order chi connectivity index (χ1) is 10.6. The fourth-order valence-electron chi connectivity index (χ4n) is 2.74. The first-order valence-electron chi connectivity index (χ1n) is 8.14. The summed E-state index contributed by atoms with van der Waals surface area (Å²) in [6, 6.07) is 5.31. The Hall–Kier alpha value is -1.59. The molecule has 0 radical (unpaired) electrons. The highest BCUT2D eigenvalue weighted by molar-refractivity contribution is 5.97. The molecule has 1 fully saturated rings. The molecule has 0 amide bonds. The van der Waals surface area contributed by atoms with Gasteiger partial charge in [-0.25, -0.2) is 0 Å². The molecule has 5 heteroatoms. The number of carbonyl (C=O) groups excluding carboxylic acids is 1. The second-order valence-corrected chi connectivity index (χ2v) is 5.63. The molecule has 1 saturated heterocycles. The highest BCUT2D eigenvalue weighted by atomic mass is 16.5. The van der Waals surface area contributed by atoms with Crippen LogP contribution in [0.3, 0.4) is 0 Å². The fourth-order valence-corrected chi connectivity index (χ4v) is 2.74. The molecule has 1 aromatic carbocycles. The van der Waals surface area contributed by atoms with Gasteiger partial charge in [0, 0.05) is 44.7 Å². The zero-order chi connectivity index (χ0) is 15.9. The van der Waals surface area contributed by atoms with Crippen molar-refractivity contribution >= 4 is 11.5 Å². The van der Waals surface area contributed by atoms with Crippen LogP contribution in [0.4, 0.5) is 5.69 Å². The molecule has 0 bridgehead atoms. The van der Waals surface area contributed by atoms with Crippen LogP contribution >= 0.6 is 0 Å². The molecule has 0 aliphatic carbocycles. The molecular formula is C17H27N3O2. The summed E-state index contributed by atoms with van der Waals surface area (Å²) < 4.78 is 5.40. The van der Waals surface area contributed by atoms with Gasteiger partial charge in [-0.3, -0.25) is 4.79 Å². The number of nitrogen functional groups attached to an aromatic ring is 1. The van der Waals surface area contributed by atoms with E-state index in [1.807, 2.05) is 6.92 Å². The van der Waals surface area contributed by atoms with Crippen molar-refractivity contribution in [2.75, 3.05) is 51.6 Å². The van der Waals surface area contributed by atoms with Gasteiger partial charge in [-0.1, -0.05) is 6.92 Å². The van der Waals surface area contributed by atoms with E-state index in [0.29, 0.717) is 30.0 Å². The molecule has 0 spiro atoms. The lowest BCUT2D eigenvalue weighted by Gasteiger charge is -2.33. The number of likely N-dealkylation sites (N-methyl/N-ethyl adjacent to an activating group) is 1. The third-order valence-electron chi connectivity index (χ3n) is 4.20. The summed E-state index contributed by atoms with van der Waals surface area (Å²) in [5.41, 5.74) is 7.13. The lowest BCUT2D eigenvalue weighted by Crippen LogP contribution is -2.46. The van der Waals surface area contributed by atoms with Crippen molar-refractivity contribution < 1.29 is 9.53 Å². The number of hydrogen-bond acceptors (Lipinski definition) is 5. The standard InChI is InChI=1S/C17H27N3O2/c1-3-19-9-11-20(12-10-19)8-7-16(21)14-5-6-17(22-4-2)15(18)13-14/h5-6,13H,3-4,7-12,18H2,1-2H3. The summed E-state index contributed by atoms with van der Waals surface area (Å²) in [6.45, 7) is 10.9. The van der Waals surface area contributed by atoms with Crippen molar-refractivity contribution in [2.24, 2.45) is 0 Å². The molecule has 1 aliphatic rings. The number of benzene rings is 1. The Morgan fingerprint density at radius 3 is 2.45 bits per heavy atom. The Bertz CT molecular complexity index is 497. The smallest absolute Gasteiger partial charge is 0.164 e. The second-order valence-electron chi connectivity index (χ2n) is 5.63.